The average Bonchev–Trinajstić information content (AvgIpc) is 2.92. The maximum absolute atomic E-state index is 12.4. The van der Waals surface area contributed by atoms with Crippen LogP contribution >= 0.6 is 0 Å². The van der Waals surface area contributed by atoms with Gasteiger partial charge in [0.2, 0.25) is 5.91 Å². The van der Waals surface area contributed by atoms with Crippen molar-refractivity contribution in [2.24, 2.45) is 0 Å². The molecular weight excluding hydrogens is 349 g/mol. The molecule has 2 atom stereocenters. The molecule has 2 heterocycles. The van der Waals surface area contributed by atoms with Crippen LogP contribution in [0.3, 0.4) is 0 Å². The van der Waals surface area contributed by atoms with Gasteiger partial charge in [-0.3, -0.25) is 9.69 Å². The molecule has 3 aliphatic rings. The molecule has 8 heteroatoms. The zero-order valence-corrected chi connectivity index (χ0v) is 14.2. The number of hydrogen-bond acceptors (Lipinski definition) is 4. The van der Waals surface area contributed by atoms with E-state index in [9.17, 15) is 18.0 Å². The Hall–Kier alpha value is -1.80. The quantitative estimate of drug-likeness (QED) is 0.817. The van der Waals surface area contributed by atoms with Crippen molar-refractivity contribution in [3.8, 4) is 5.75 Å². The average molecular weight is 370 g/mol. The van der Waals surface area contributed by atoms with Gasteiger partial charge in [0.25, 0.3) is 0 Å². The normalized spacial score (nSPS) is 27.3. The summed E-state index contributed by atoms with van der Waals surface area (Å²) in [6.07, 6.45) is -1.03. The number of likely N-dealkylation sites (tertiary alicyclic amines) is 1. The van der Waals surface area contributed by atoms with Crippen LogP contribution < -0.4 is 4.74 Å². The summed E-state index contributed by atoms with van der Waals surface area (Å²) in [6, 6.07) is 6.29. The van der Waals surface area contributed by atoms with Crippen molar-refractivity contribution >= 4 is 5.91 Å². The summed E-state index contributed by atoms with van der Waals surface area (Å²) in [5.41, 5.74) is 0.774. The van der Waals surface area contributed by atoms with Crippen molar-refractivity contribution in [2.45, 2.75) is 50.4 Å². The SMILES string of the molecule is O=C1CO[C@H]2CN(C3CCC3)C[C@H]2N1Cc1ccc(OC(F)(F)F)cc1. The fourth-order valence-electron chi connectivity index (χ4n) is 3.94. The first-order valence-electron chi connectivity index (χ1n) is 8.89. The van der Waals surface area contributed by atoms with E-state index in [1.165, 1.54) is 31.4 Å². The van der Waals surface area contributed by atoms with Gasteiger partial charge in [-0.2, -0.15) is 0 Å². The Kier molecular flexibility index (Phi) is 4.56. The monoisotopic (exact) mass is 370 g/mol. The third-order valence-electron chi connectivity index (χ3n) is 5.51. The molecule has 1 aromatic carbocycles. The molecule has 0 N–H and O–H groups in total. The fourth-order valence-corrected chi connectivity index (χ4v) is 3.94. The summed E-state index contributed by atoms with van der Waals surface area (Å²) >= 11 is 0. The number of hydrogen-bond donors (Lipinski definition) is 0. The number of fused-ring (bicyclic) bond motifs is 1. The van der Waals surface area contributed by atoms with Gasteiger partial charge in [0.1, 0.15) is 12.4 Å². The smallest absolute Gasteiger partial charge is 0.406 e. The zero-order chi connectivity index (χ0) is 18.3. The first kappa shape index (κ1) is 17.6. The van der Waals surface area contributed by atoms with Gasteiger partial charge >= 0.3 is 6.36 Å². The van der Waals surface area contributed by atoms with Crippen LogP contribution in [0.4, 0.5) is 13.2 Å². The summed E-state index contributed by atoms with van der Waals surface area (Å²) < 4.78 is 46.4. The standard InChI is InChI=1S/C18H21F3N2O3/c19-18(20,21)26-14-6-4-12(5-7-14)8-23-15-9-22(13-2-1-3-13)10-16(15)25-11-17(23)24/h4-7,13,15-16H,1-3,8-11H2/t15-,16+/m1/s1. The van der Waals surface area contributed by atoms with Crippen molar-refractivity contribution < 1.29 is 27.4 Å². The Morgan fingerprint density at radius 2 is 1.88 bits per heavy atom. The van der Waals surface area contributed by atoms with Crippen LogP contribution in [0.15, 0.2) is 24.3 Å². The van der Waals surface area contributed by atoms with Crippen LogP contribution in [0, 0.1) is 0 Å². The lowest BCUT2D eigenvalue weighted by molar-refractivity contribution is -0.274. The van der Waals surface area contributed by atoms with Crippen molar-refractivity contribution in [2.75, 3.05) is 19.7 Å². The van der Waals surface area contributed by atoms with E-state index in [-0.39, 0.29) is 30.4 Å². The lowest BCUT2D eigenvalue weighted by Gasteiger charge is -2.37. The minimum atomic E-state index is -4.70. The molecule has 1 aromatic rings. The van der Waals surface area contributed by atoms with Crippen molar-refractivity contribution in [3.63, 3.8) is 0 Å². The first-order chi connectivity index (χ1) is 12.4. The van der Waals surface area contributed by atoms with E-state index in [0.29, 0.717) is 12.6 Å². The molecule has 4 rings (SSSR count). The van der Waals surface area contributed by atoms with E-state index in [4.69, 9.17) is 4.74 Å². The molecule has 3 fully saturated rings. The Morgan fingerprint density at radius 3 is 2.50 bits per heavy atom. The molecule has 1 aliphatic carbocycles. The molecule has 2 aliphatic heterocycles. The molecule has 1 saturated carbocycles. The molecule has 0 bridgehead atoms. The maximum Gasteiger partial charge on any atom is 0.573 e. The number of amides is 1. The van der Waals surface area contributed by atoms with Gasteiger partial charge in [-0.05, 0) is 30.5 Å². The largest absolute Gasteiger partial charge is 0.573 e. The molecule has 1 amide bonds. The second-order valence-electron chi connectivity index (χ2n) is 7.17. The maximum atomic E-state index is 12.4. The number of ether oxygens (including phenoxy) is 2. The molecule has 2 saturated heterocycles. The number of nitrogens with zero attached hydrogens (tertiary/aromatic N) is 2. The summed E-state index contributed by atoms with van der Waals surface area (Å²) in [6.45, 7) is 2.08. The molecule has 26 heavy (non-hydrogen) atoms. The highest BCUT2D eigenvalue weighted by Gasteiger charge is 2.45. The van der Waals surface area contributed by atoms with Gasteiger partial charge in [-0.1, -0.05) is 18.6 Å². The fraction of sp³-hybridized carbons (Fsp3) is 0.611. The zero-order valence-electron chi connectivity index (χ0n) is 14.2. The number of halogens is 3. The molecule has 0 unspecified atom stereocenters. The number of benzene rings is 1. The van der Waals surface area contributed by atoms with Crippen LogP contribution in [-0.4, -0.2) is 60.0 Å². The van der Waals surface area contributed by atoms with Gasteiger partial charge in [-0.15, -0.1) is 13.2 Å². The number of carbonyl (C=O) groups excluding carboxylic acids is 1. The molecule has 0 radical (unpaired) electrons. The summed E-state index contributed by atoms with van der Waals surface area (Å²) in [4.78, 5) is 16.6. The topological polar surface area (TPSA) is 42.0 Å². The Labute approximate surface area is 149 Å². The second-order valence-corrected chi connectivity index (χ2v) is 7.17. The van der Waals surface area contributed by atoms with Gasteiger partial charge in [0, 0.05) is 25.7 Å². The first-order valence-corrected chi connectivity index (χ1v) is 8.89. The van der Waals surface area contributed by atoms with E-state index in [0.717, 1.165) is 18.7 Å². The molecule has 0 aromatic heterocycles. The van der Waals surface area contributed by atoms with Crippen LogP contribution in [0.2, 0.25) is 0 Å². The van der Waals surface area contributed by atoms with Crippen LogP contribution in [0.5, 0.6) is 5.75 Å². The second kappa shape index (κ2) is 6.74. The van der Waals surface area contributed by atoms with Gasteiger partial charge in [-0.25, -0.2) is 0 Å². The summed E-state index contributed by atoms with van der Waals surface area (Å²) in [5.74, 6) is -0.332. The lowest BCUT2D eigenvalue weighted by atomic mass is 9.92. The summed E-state index contributed by atoms with van der Waals surface area (Å²) in [7, 11) is 0. The highest BCUT2D eigenvalue weighted by molar-refractivity contribution is 5.78. The van der Waals surface area contributed by atoms with Crippen LogP contribution in [0.1, 0.15) is 24.8 Å². The molecule has 5 nitrogen and oxygen atoms in total. The molecule has 142 valence electrons. The number of alkyl halides is 3. The highest BCUT2D eigenvalue weighted by atomic mass is 19.4. The van der Waals surface area contributed by atoms with E-state index < -0.39 is 6.36 Å². The minimum Gasteiger partial charge on any atom is -0.406 e. The lowest BCUT2D eigenvalue weighted by Crippen LogP contribution is -2.53. The van der Waals surface area contributed by atoms with E-state index >= 15 is 0 Å². The minimum absolute atomic E-state index is 0.00273. The Balaban J connectivity index is 1.43. The van der Waals surface area contributed by atoms with E-state index in [1.807, 2.05) is 4.90 Å². The third-order valence-corrected chi connectivity index (χ3v) is 5.51. The number of morpholine rings is 1. The van der Waals surface area contributed by atoms with E-state index in [1.54, 1.807) is 12.1 Å². The third kappa shape index (κ3) is 3.66. The predicted molar refractivity (Wildman–Crippen MR) is 86.4 cm³/mol. The molecular formula is C18H21F3N2O3. The Bertz CT molecular complexity index is 661. The molecule has 0 spiro atoms. The highest BCUT2D eigenvalue weighted by Crippen LogP contribution is 2.32. The van der Waals surface area contributed by atoms with Crippen LogP contribution in [-0.2, 0) is 16.1 Å². The van der Waals surface area contributed by atoms with Crippen molar-refractivity contribution in [3.05, 3.63) is 29.8 Å². The van der Waals surface area contributed by atoms with Gasteiger partial charge in [0.15, 0.2) is 0 Å². The van der Waals surface area contributed by atoms with Crippen LogP contribution in [0.25, 0.3) is 0 Å². The van der Waals surface area contributed by atoms with Crippen molar-refractivity contribution in [1.29, 1.82) is 0 Å². The Morgan fingerprint density at radius 1 is 1.15 bits per heavy atom. The summed E-state index contributed by atoms with van der Waals surface area (Å²) in [5, 5.41) is 0. The van der Waals surface area contributed by atoms with Gasteiger partial charge < -0.3 is 14.4 Å². The number of rotatable bonds is 4. The van der Waals surface area contributed by atoms with Crippen molar-refractivity contribution in [1.82, 2.24) is 9.80 Å². The number of carbonyl (C=O) groups is 1. The predicted octanol–water partition coefficient (Wildman–Crippen LogP) is 2.55. The van der Waals surface area contributed by atoms with Gasteiger partial charge in [0.05, 0.1) is 12.1 Å². The van der Waals surface area contributed by atoms with E-state index in [2.05, 4.69) is 9.64 Å².